The number of halogens is 1. The second kappa shape index (κ2) is 7.61. The van der Waals surface area contributed by atoms with Crippen LogP contribution in [0, 0.1) is 5.82 Å². The third-order valence-electron chi connectivity index (χ3n) is 4.42. The fourth-order valence-electron chi connectivity index (χ4n) is 3.01. The van der Waals surface area contributed by atoms with Crippen LogP contribution in [0.15, 0.2) is 46.6 Å². The monoisotopic (exact) mass is 422 g/mol. The molecule has 1 aliphatic carbocycles. The summed E-state index contributed by atoms with van der Waals surface area (Å²) in [4.78, 5) is 13.6. The molecule has 0 aliphatic heterocycles. The zero-order chi connectivity index (χ0) is 19.7. The van der Waals surface area contributed by atoms with Crippen LogP contribution in [0.5, 0.6) is 0 Å². The first-order valence-electron chi connectivity index (χ1n) is 8.88. The van der Waals surface area contributed by atoms with E-state index in [1.807, 2.05) is 17.5 Å². The number of thiophene rings is 1. The maximum Gasteiger partial charge on any atom is 0.346 e. The molecule has 0 saturated heterocycles. The molecule has 0 radical (unpaired) electrons. The molecule has 28 heavy (non-hydrogen) atoms. The Morgan fingerprint density at radius 2 is 2.07 bits per heavy atom. The van der Waals surface area contributed by atoms with Gasteiger partial charge in [-0.1, -0.05) is 18.2 Å². The van der Waals surface area contributed by atoms with E-state index < -0.39 is 15.8 Å². The van der Waals surface area contributed by atoms with Crippen LogP contribution in [-0.2, 0) is 22.3 Å². The van der Waals surface area contributed by atoms with E-state index in [0.29, 0.717) is 11.4 Å². The van der Waals surface area contributed by atoms with Gasteiger partial charge in [0.25, 0.3) is 0 Å². The second-order valence-electron chi connectivity index (χ2n) is 6.69. The van der Waals surface area contributed by atoms with Gasteiger partial charge >= 0.3 is 5.69 Å². The first-order valence-corrected chi connectivity index (χ1v) is 11.4. The molecule has 2 heterocycles. The maximum atomic E-state index is 13.2. The Labute approximate surface area is 165 Å². The summed E-state index contributed by atoms with van der Waals surface area (Å²) in [6, 6.07) is 9.46. The third-order valence-corrected chi connectivity index (χ3v) is 6.64. The number of rotatable bonds is 8. The lowest BCUT2D eigenvalue weighted by Crippen LogP contribution is -2.32. The fraction of sp³-hybridized carbons (Fsp3) is 0.333. The van der Waals surface area contributed by atoms with Crippen molar-refractivity contribution in [2.45, 2.75) is 31.2 Å². The average molecular weight is 423 g/mol. The zero-order valence-electron chi connectivity index (χ0n) is 14.9. The van der Waals surface area contributed by atoms with Crippen molar-refractivity contribution >= 4 is 21.4 Å². The SMILES string of the molecule is O=c1n(CCNS(=O)(=O)Cc2cccc(F)c2)nc(-c2cccs2)n1C1CC1. The van der Waals surface area contributed by atoms with Gasteiger partial charge in [-0.05, 0) is 42.0 Å². The predicted molar refractivity (Wildman–Crippen MR) is 105 cm³/mol. The van der Waals surface area contributed by atoms with E-state index in [0.717, 1.165) is 17.7 Å². The Kier molecular flexibility index (Phi) is 5.17. The quantitative estimate of drug-likeness (QED) is 0.604. The minimum atomic E-state index is -3.65. The fourth-order valence-corrected chi connectivity index (χ4v) is 4.83. The molecule has 1 saturated carbocycles. The molecule has 10 heteroatoms. The van der Waals surface area contributed by atoms with Crippen LogP contribution < -0.4 is 10.4 Å². The van der Waals surface area contributed by atoms with Crippen LogP contribution in [0.1, 0.15) is 24.4 Å². The van der Waals surface area contributed by atoms with Crippen molar-refractivity contribution in [2.75, 3.05) is 6.54 Å². The molecule has 0 spiro atoms. The molecule has 1 aliphatic rings. The summed E-state index contributed by atoms with van der Waals surface area (Å²) in [6.45, 7) is 0.155. The number of nitrogens with one attached hydrogen (secondary N) is 1. The molecular weight excluding hydrogens is 403 g/mol. The summed E-state index contributed by atoms with van der Waals surface area (Å²) in [7, 11) is -3.65. The third kappa shape index (κ3) is 4.23. The highest BCUT2D eigenvalue weighted by atomic mass is 32.2. The minimum absolute atomic E-state index is 0.0309. The van der Waals surface area contributed by atoms with E-state index in [4.69, 9.17) is 0 Å². The maximum absolute atomic E-state index is 13.2. The van der Waals surface area contributed by atoms with Crippen molar-refractivity contribution in [3.8, 4) is 10.7 Å². The van der Waals surface area contributed by atoms with Crippen molar-refractivity contribution in [1.29, 1.82) is 0 Å². The lowest BCUT2D eigenvalue weighted by atomic mass is 10.2. The predicted octanol–water partition coefficient (Wildman–Crippen LogP) is 2.37. The van der Waals surface area contributed by atoms with Gasteiger partial charge in [0.15, 0.2) is 5.82 Å². The Morgan fingerprint density at radius 1 is 1.25 bits per heavy atom. The Bertz CT molecular complexity index is 1130. The first-order chi connectivity index (χ1) is 13.4. The Morgan fingerprint density at radius 3 is 2.75 bits per heavy atom. The van der Waals surface area contributed by atoms with Crippen LogP contribution in [-0.4, -0.2) is 29.3 Å². The topological polar surface area (TPSA) is 86.0 Å². The number of sulfonamides is 1. The van der Waals surface area contributed by atoms with E-state index >= 15 is 0 Å². The van der Waals surface area contributed by atoms with Gasteiger partial charge in [0.1, 0.15) is 5.82 Å². The number of nitrogens with zero attached hydrogens (tertiary/aromatic N) is 3. The number of hydrogen-bond acceptors (Lipinski definition) is 5. The van der Waals surface area contributed by atoms with Crippen LogP contribution in [0.3, 0.4) is 0 Å². The zero-order valence-corrected chi connectivity index (χ0v) is 16.5. The molecule has 1 aromatic carbocycles. The van der Waals surface area contributed by atoms with Crippen LogP contribution in [0.4, 0.5) is 4.39 Å². The van der Waals surface area contributed by atoms with Crippen molar-refractivity contribution in [2.24, 2.45) is 0 Å². The van der Waals surface area contributed by atoms with Crippen molar-refractivity contribution in [3.05, 3.63) is 63.6 Å². The van der Waals surface area contributed by atoms with E-state index in [1.165, 1.54) is 34.2 Å². The lowest BCUT2D eigenvalue weighted by Gasteiger charge is -2.06. The number of hydrogen-bond donors (Lipinski definition) is 1. The van der Waals surface area contributed by atoms with Crippen molar-refractivity contribution in [1.82, 2.24) is 19.1 Å². The molecule has 7 nitrogen and oxygen atoms in total. The Hall–Kier alpha value is -2.30. The standard InChI is InChI=1S/C18H19FN4O3S2/c19-14-4-1-3-13(11-14)12-28(25,26)20-8-9-22-18(24)23(15-6-7-15)17(21-22)16-5-2-10-27-16/h1-5,10-11,15,20H,6-9,12H2. The number of aromatic nitrogens is 3. The molecule has 0 unspecified atom stereocenters. The molecule has 0 amide bonds. The van der Waals surface area contributed by atoms with Gasteiger partial charge in [-0.3, -0.25) is 4.57 Å². The van der Waals surface area contributed by atoms with Gasteiger partial charge in [-0.15, -0.1) is 16.4 Å². The first kappa shape index (κ1) is 19.0. The van der Waals surface area contributed by atoms with Gasteiger partial charge < -0.3 is 0 Å². The Balaban J connectivity index is 1.45. The smallest absolute Gasteiger partial charge is 0.271 e. The van der Waals surface area contributed by atoms with Gasteiger partial charge in [0.05, 0.1) is 17.2 Å². The normalized spacial score (nSPS) is 14.5. The van der Waals surface area contributed by atoms with Crippen LogP contribution in [0.25, 0.3) is 10.7 Å². The van der Waals surface area contributed by atoms with Gasteiger partial charge in [0.2, 0.25) is 10.0 Å². The van der Waals surface area contributed by atoms with Crippen molar-refractivity contribution < 1.29 is 12.8 Å². The summed E-state index contributed by atoms with van der Waals surface area (Å²) in [6.07, 6.45) is 1.90. The highest BCUT2D eigenvalue weighted by Crippen LogP contribution is 2.37. The molecule has 4 rings (SSSR count). The highest BCUT2D eigenvalue weighted by molar-refractivity contribution is 7.88. The summed E-state index contributed by atoms with van der Waals surface area (Å²) in [5, 5.41) is 6.35. The molecule has 148 valence electrons. The van der Waals surface area contributed by atoms with E-state index in [1.54, 1.807) is 10.6 Å². The van der Waals surface area contributed by atoms with Gasteiger partial charge in [-0.2, -0.15) is 0 Å². The van der Waals surface area contributed by atoms with Crippen LogP contribution >= 0.6 is 11.3 Å². The molecule has 0 atom stereocenters. The molecule has 0 bridgehead atoms. The van der Waals surface area contributed by atoms with Gasteiger partial charge in [-0.25, -0.2) is 27.0 Å². The second-order valence-corrected chi connectivity index (χ2v) is 9.45. The molecule has 3 aromatic rings. The van der Waals surface area contributed by atoms with E-state index in [2.05, 4.69) is 9.82 Å². The highest BCUT2D eigenvalue weighted by Gasteiger charge is 2.30. The van der Waals surface area contributed by atoms with Crippen molar-refractivity contribution in [3.63, 3.8) is 0 Å². The summed E-state index contributed by atoms with van der Waals surface area (Å²) >= 11 is 1.51. The summed E-state index contributed by atoms with van der Waals surface area (Å²) in [5.41, 5.74) is 0.137. The van der Waals surface area contributed by atoms with Crippen LogP contribution in [0.2, 0.25) is 0 Å². The lowest BCUT2D eigenvalue weighted by molar-refractivity contribution is 0.546. The van der Waals surface area contributed by atoms with E-state index in [9.17, 15) is 17.6 Å². The summed E-state index contributed by atoms with van der Waals surface area (Å²) < 4.78 is 43.1. The molecule has 1 fully saturated rings. The van der Waals surface area contributed by atoms with E-state index in [-0.39, 0.29) is 30.6 Å². The van der Waals surface area contributed by atoms with Gasteiger partial charge in [0, 0.05) is 12.6 Å². The largest absolute Gasteiger partial charge is 0.346 e. The average Bonchev–Trinajstić information content (AvgIpc) is 3.20. The summed E-state index contributed by atoms with van der Waals surface area (Å²) in [5.74, 6) is -0.174. The molecule has 2 aromatic heterocycles. The number of benzene rings is 1. The molecular formula is C18H19FN4O3S2. The molecule has 1 N–H and O–H groups in total. The minimum Gasteiger partial charge on any atom is -0.271 e.